The minimum Gasteiger partial charge on any atom is -0.338 e. The number of hydrogen-bond donors (Lipinski definition) is 3. The van der Waals surface area contributed by atoms with E-state index < -0.39 is 0 Å². The fourth-order valence-corrected chi connectivity index (χ4v) is 5.05. The van der Waals surface area contributed by atoms with Gasteiger partial charge in [-0.1, -0.05) is 0 Å². The molecule has 0 amide bonds. The lowest BCUT2D eigenvalue weighted by atomic mass is 9.94. The number of thiophene rings is 1. The maximum Gasteiger partial charge on any atom is 0.176 e. The fourth-order valence-electron chi connectivity index (χ4n) is 4.28. The summed E-state index contributed by atoms with van der Waals surface area (Å²) in [6.45, 7) is 2.06. The average Bonchev–Trinajstić information content (AvgIpc) is 3.51. The molecule has 0 aliphatic carbocycles. The number of H-pyrrole nitrogens is 2. The highest BCUT2D eigenvalue weighted by Gasteiger charge is 2.20. The lowest BCUT2D eigenvalue weighted by Crippen LogP contribution is -2.27. The quantitative estimate of drug-likeness (QED) is 0.392. The number of nitrogens with zero attached hydrogens (tertiary/aromatic N) is 3. The molecule has 1 aliphatic heterocycles. The number of fused-ring (bicyclic) bond motifs is 2. The smallest absolute Gasteiger partial charge is 0.176 e. The van der Waals surface area contributed by atoms with E-state index >= 15 is 0 Å². The van der Waals surface area contributed by atoms with E-state index in [2.05, 4.69) is 37.6 Å². The first-order chi connectivity index (χ1) is 14.8. The van der Waals surface area contributed by atoms with E-state index in [-0.39, 0.29) is 5.13 Å². The number of nitrogens with one attached hydrogen (secondary N) is 3. The second kappa shape index (κ2) is 7.00. The summed E-state index contributed by atoms with van der Waals surface area (Å²) in [5, 5.41) is 11.8. The van der Waals surface area contributed by atoms with Crippen molar-refractivity contribution in [2.45, 2.75) is 18.8 Å². The maximum absolute atomic E-state index is 13.6. The largest absolute Gasteiger partial charge is 0.338 e. The summed E-state index contributed by atoms with van der Waals surface area (Å²) in [6, 6.07) is 11.4. The minimum atomic E-state index is -0.196. The van der Waals surface area contributed by atoms with E-state index in [4.69, 9.17) is 4.98 Å². The molecule has 1 fully saturated rings. The van der Waals surface area contributed by atoms with Gasteiger partial charge in [-0.05, 0) is 62.3 Å². The molecule has 0 radical (unpaired) electrons. The van der Waals surface area contributed by atoms with Crippen molar-refractivity contribution in [1.82, 2.24) is 30.5 Å². The molecule has 6 heterocycles. The molecular formula is C22H19FN6S. The van der Waals surface area contributed by atoms with E-state index in [0.29, 0.717) is 5.92 Å². The Labute approximate surface area is 175 Å². The van der Waals surface area contributed by atoms with Crippen molar-refractivity contribution in [2.75, 3.05) is 13.1 Å². The summed E-state index contributed by atoms with van der Waals surface area (Å²) in [7, 11) is 0. The topological polar surface area (TPSA) is 82.3 Å². The molecule has 0 saturated carbocycles. The van der Waals surface area contributed by atoms with Crippen LogP contribution in [0.15, 0.2) is 42.6 Å². The van der Waals surface area contributed by atoms with Crippen molar-refractivity contribution in [2.24, 2.45) is 0 Å². The summed E-state index contributed by atoms with van der Waals surface area (Å²) >= 11 is 1.14. The number of hydrogen-bond acceptors (Lipinski definition) is 5. The third-order valence-electron chi connectivity index (χ3n) is 5.81. The number of aromatic amines is 2. The molecule has 6 nitrogen and oxygen atoms in total. The van der Waals surface area contributed by atoms with E-state index in [1.807, 2.05) is 12.1 Å². The van der Waals surface area contributed by atoms with Gasteiger partial charge in [0, 0.05) is 33.6 Å². The number of halogens is 1. The Bertz CT molecular complexity index is 1360. The van der Waals surface area contributed by atoms with E-state index in [1.54, 1.807) is 12.3 Å². The standard InChI is InChI=1S/C22H19FN6S/c23-19-4-3-18(30-19)13-7-10-25-22-14(13)11-17(27-22)21-20-16(28-29-21)2-1-15(26-20)12-5-8-24-9-6-12/h1-4,7,10-12,24H,5-6,8-9H2,(H,25,27)(H,28,29). The van der Waals surface area contributed by atoms with Crippen molar-refractivity contribution >= 4 is 33.4 Å². The van der Waals surface area contributed by atoms with Crippen molar-refractivity contribution in [3.8, 4) is 21.8 Å². The van der Waals surface area contributed by atoms with Crippen LogP contribution in [-0.2, 0) is 0 Å². The third-order valence-corrected chi connectivity index (χ3v) is 6.72. The van der Waals surface area contributed by atoms with E-state index in [0.717, 1.165) is 86.9 Å². The predicted octanol–water partition coefficient (Wildman–Crippen LogP) is 4.84. The first-order valence-corrected chi connectivity index (χ1v) is 10.9. The molecule has 0 atom stereocenters. The molecule has 150 valence electrons. The molecule has 0 unspecified atom stereocenters. The predicted molar refractivity (Wildman–Crippen MR) is 117 cm³/mol. The second-order valence-electron chi connectivity index (χ2n) is 7.64. The molecule has 0 bridgehead atoms. The molecule has 6 rings (SSSR count). The van der Waals surface area contributed by atoms with Crippen LogP contribution in [0.4, 0.5) is 4.39 Å². The monoisotopic (exact) mass is 418 g/mol. The Morgan fingerprint density at radius 2 is 1.97 bits per heavy atom. The van der Waals surface area contributed by atoms with Gasteiger partial charge < -0.3 is 10.3 Å². The zero-order chi connectivity index (χ0) is 20.1. The van der Waals surface area contributed by atoms with Crippen molar-refractivity contribution < 1.29 is 4.39 Å². The Morgan fingerprint density at radius 1 is 1.07 bits per heavy atom. The van der Waals surface area contributed by atoms with Gasteiger partial charge in [-0.2, -0.15) is 9.49 Å². The van der Waals surface area contributed by atoms with Crippen molar-refractivity contribution in [3.63, 3.8) is 0 Å². The van der Waals surface area contributed by atoms with Crippen LogP contribution < -0.4 is 5.32 Å². The van der Waals surface area contributed by atoms with Crippen LogP contribution in [0.25, 0.3) is 43.9 Å². The van der Waals surface area contributed by atoms with Gasteiger partial charge in [0.2, 0.25) is 0 Å². The highest BCUT2D eigenvalue weighted by molar-refractivity contribution is 7.14. The highest BCUT2D eigenvalue weighted by Crippen LogP contribution is 2.36. The first kappa shape index (κ1) is 17.7. The number of piperidine rings is 1. The molecule has 30 heavy (non-hydrogen) atoms. The number of aromatic nitrogens is 5. The summed E-state index contributed by atoms with van der Waals surface area (Å²) in [5.41, 5.74) is 6.23. The summed E-state index contributed by atoms with van der Waals surface area (Å²) in [5.74, 6) is 0.475. The number of rotatable bonds is 3. The first-order valence-electron chi connectivity index (χ1n) is 10.1. The Balaban J connectivity index is 1.47. The van der Waals surface area contributed by atoms with Crippen LogP contribution in [0.2, 0.25) is 0 Å². The summed E-state index contributed by atoms with van der Waals surface area (Å²) < 4.78 is 13.6. The van der Waals surface area contributed by atoms with Gasteiger partial charge in [0.15, 0.2) is 5.13 Å². The van der Waals surface area contributed by atoms with Crippen molar-refractivity contribution in [1.29, 1.82) is 0 Å². The lowest BCUT2D eigenvalue weighted by Gasteiger charge is -2.22. The molecule has 5 aromatic heterocycles. The molecule has 0 aromatic carbocycles. The van der Waals surface area contributed by atoms with Gasteiger partial charge >= 0.3 is 0 Å². The van der Waals surface area contributed by atoms with Gasteiger partial charge in [0.1, 0.15) is 16.9 Å². The number of pyridine rings is 2. The Hall–Kier alpha value is -3.10. The molecule has 0 spiro atoms. The van der Waals surface area contributed by atoms with Gasteiger partial charge in [0.25, 0.3) is 0 Å². The van der Waals surface area contributed by atoms with Crippen molar-refractivity contribution in [3.05, 3.63) is 53.4 Å². The molecule has 5 aromatic rings. The van der Waals surface area contributed by atoms with Crippen LogP contribution in [0.5, 0.6) is 0 Å². The zero-order valence-electron chi connectivity index (χ0n) is 16.1. The normalized spacial score (nSPS) is 15.4. The average molecular weight is 419 g/mol. The van der Waals surface area contributed by atoms with Crippen LogP contribution >= 0.6 is 11.3 Å². The highest BCUT2D eigenvalue weighted by atomic mass is 32.1. The summed E-state index contributed by atoms with van der Waals surface area (Å²) in [4.78, 5) is 13.7. The third kappa shape index (κ3) is 2.91. The molecule has 3 N–H and O–H groups in total. The Morgan fingerprint density at radius 3 is 2.80 bits per heavy atom. The molecular weight excluding hydrogens is 399 g/mol. The van der Waals surface area contributed by atoms with Crippen LogP contribution in [0.3, 0.4) is 0 Å². The minimum absolute atomic E-state index is 0.196. The van der Waals surface area contributed by atoms with E-state index in [1.165, 1.54) is 6.07 Å². The fraction of sp³-hybridized carbons (Fsp3) is 0.227. The van der Waals surface area contributed by atoms with Gasteiger partial charge in [0.05, 0.1) is 11.2 Å². The second-order valence-corrected chi connectivity index (χ2v) is 8.67. The van der Waals surface area contributed by atoms with E-state index in [9.17, 15) is 4.39 Å². The summed E-state index contributed by atoms with van der Waals surface area (Å²) in [6.07, 6.45) is 3.94. The SMILES string of the molecule is Fc1ccc(-c2ccnc3[nH]c(-c4n[nH]c5ccc(C6CCNCC6)nc45)cc23)s1. The Kier molecular flexibility index (Phi) is 4.14. The molecule has 8 heteroatoms. The van der Waals surface area contributed by atoms with Crippen LogP contribution in [0.1, 0.15) is 24.5 Å². The van der Waals surface area contributed by atoms with Crippen LogP contribution in [-0.4, -0.2) is 38.2 Å². The van der Waals surface area contributed by atoms with Gasteiger partial charge in [-0.15, -0.1) is 11.3 Å². The maximum atomic E-state index is 13.6. The van der Waals surface area contributed by atoms with Gasteiger partial charge in [-0.3, -0.25) is 5.10 Å². The molecule has 1 saturated heterocycles. The lowest BCUT2D eigenvalue weighted by molar-refractivity contribution is 0.454. The van der Waals surface area contributed by atoms with Crippen LogP contribution in [0, 0.1) is 5.13 Å². The molecule has 1 aliphatic rings. The van der Waals surface area contributed by atoms with Gasteiger partial charge in [-0.25, -0.2) is 9.97 Å². The zero-order valence-corrected chi connectivity index (χ0v) is 16.9.